The first-order valence-electron chi connectivity index (χ1n) is 13.4. The summed E-state index contributed by atoms with van der Waals surface area (Å²) in [6.07, 6.45) is 1.91. The van der Waals surface area contributed by atoms with Gasteiger partial charge in [-0.15, -0.1) is 11.3 Å². The van der Waals surface area contributed by atoms with Crippen LogP contribution in [0.25, 0.3) is 0 Å². The van der Waals surface area contributed by atoms with E-state index in [1.807, 2.05) is 18.2 Å². The SMILES string of the molecule is CC(=O)N1CCc2c(sc(NC(=O)c3ccc(S(=O)(=O)N4CCCc5ccccc54)cc3)c2C(=O)NC(=O)N(C)C)C1. The zero-order chi connectivity index (χ0) is 30.2. The van der Waals surface area contributed by atoms with Crippen LogP contribution in [0.1, 0.15) is 50.1 Å². The molecule has 0 saturated carbocycles. The predicted octanol–water partition coefficient (Wildman–Crippen LogP) is 3.46. The van der Waals surface area contributed by atoms with Gasteiger partial charge in [-0.1, -0.05) is 18.2 Å². The van der Waals surface area contributed by atoms with Crippen LogP contribution in [-0.2, 0) is 34.2 Å². The molecule has 42 heavy (non-hydrogen) atoms. The fraction of sp³-hybridized carbons (Fsp3) is 0.310. The number of rotatable bonds is 5. The van der Waals surface area contributed by atoms with E-state index in [-0.39, 0.29) is 26.9 Å². The Morgan fingerprint density at radius 2 is 1.64 bits per heavy atom. The van der Waals surface area contributed by atoms with Crippen molar-refractivity contribution < 1.29 is 27.6 Å². The number of benzene rings is 2. The molecule has 0 fully saturated rings. The van der Waals surface area contributed by atoms with Crippen molar-refractivity contribution in [2.45, 2.75) is 37.6 Å². The molecule has 2 aromatic carbocycles. The summed E-state index contributed by atoms with van der Waals surface area (Å²) in [6.45, 7) is 2.54. The number of amides is 5. The van der Waals surface area contributed by atoms with Gasteiger partial charge in [-0.3, -0.25) is 24.0 Å². The number of fused-ring (bicyclic) bond motifs is 2. The number of nitrogens with zero attached hydrogens (tertiary/aromatic N) is 3. The van der Waals surface area contributed by atoms with Crippen LogP contribution in [0.2, 0.25) is 0 Å². The van der Waals surface area contributed by atoms with Crippen LogP contribution in [0.5, 0.6) is 0 Å². The number of carbonyl (C=O) groups is 4. The fourth-order valence-corrected chi connectivity index (χ4v) is 7.90. The van der Waals surface area contributed by atoms with E-state index in [4.69, 9.17) is 0 Å². The number of hydrogen-bond donors (Lipinski definition) is 2. The number of sulfonamides is 1. The highest BCUT2D eigenvalue weighted by Crippen LogP contribution is 2.38. The van der Waals surface area contributed by atoms with Gasteiger partial charge in [-0.2, -0.15) is 0 Å². The monoisotopic (exact) mass is 609 g/mol. The quantitative estimate of drug-likeness (QED) is 0.455. The molecular formula is C29H31N5O6S2. The molecule has 5 amide bonds. The van der Waals surface area contributed by atoms with Crippen LogP contribution in [0.4, 0.5) is 15.5 Å². The van der Waals surface area contributed by atoms with Gasteiger partial charge in [0.2, 0.25) is 5.91 Å². The largest absolute Gasteiger partial charge is 0.337 e. The molecule has 2 N–H and O–H groups in total. The molecule has 0 saturated heterocycles. The summed E-state index contributed by atoms with van der Waals surface area (Å²) in [5.41, 5.74) is 2.69. The lowest BCUT2D eigenvalue weighted by molar-refractivity contribution is -0.129. The molecule has 3 aromatic rings. The van der Waals surface area contributed by atoms with E-state index in [0.717, 1.165) is 16.9 Å². The number of thiophene rings is 1. The van der Waals surface area contributed by atoms with E-state index in [0.29, 0.717) is 43.7 Å². The van der Waals surface area contributed by atoms with Crippen LogP contribution in [0, 0.1) is 0 Å². The van der Waals surface area contributed by atoms with Crippen LogP contribution in [-0.4, -0.2) is 69.2 Å². The second-order valence-corrected chi connectivity index (χ2v) is 13.3. The Morgan fingerprint density at radius 1 is 0.929 bits per heavy atom. The molecule has 1 aromatic heterocycles. The maximum absolute atomic E-state index is 13.5. The molecule has 220 valence electrons. The number of anilines is 2. The summed E-state index contributed by atoms with van der Waals surface area (Å²) in [5.74, 6) is -1.30. The smallest absolute Gasteiger partial charge is 0.323 e. The Labute approximate surface area is 248 Å². The molecule has 11 nitrogen and oxygen atoms in total. The summed E-state index contributed by atoms with van der Waals surface area (Å²) in [4.78, 5) is 54.3. The van der Waals surface area contributed by atoms with Crippen molar-refractivity contribution in [3.63, 3.8) is 0 Å². The highest BCUT2D eigenvalue weighted by Gasteiger charge is 2.32. The molecule has 3 heterocycles. The van der Waals surface area contributed by atoms with Crippen LogP contribution < -0.4 is 14.9 Å². The number of urea groups is 1. The lowest BCUT2D eigenvalue weighted by atomic mass is 10.0. The van der Waals surface area contributed by atoms with Crippen molar-refractivity contribution in [1.82, 2.24) is 15.1 Å². The third kappa shape index (κ3) is 5.61. The predicted molar refractivity (Wildman–Crippen MR) is 159 cm³/mol. The summed E-state index contributed by atoms with van der Waals surface area (Å²) >= 11 is 1.18. The number of imide groups is 1. The van der Waals surface area contributed by atoms with Crippen LogP contribution in [0.15, 0.2) is 53.4 Å². The second-order valence-electron chi connectivity index (χ2n) is 10.3. The van der Waals surface area contributed by atoms with Crippen LogP contribution in [0.3, 0.4) is 0 Å². The van der Waals surface area contributed by atoms with Gasteiger partial charge >= 0.3 is 6.03 Å². The average Bonchev–Trinajstić information content (AvgIpc) is 3.33. The number of aryl methyl sites for hydroxylation is 1. The maximum atomic E-state index is 13.5. The van der Waals surface area contributed by atoms with Gasteiger partial charge in [-0.05, 0) is 60.7 Å². The number of hydrogen-bond acceptors (Lipinski definition) is 7. The van der Waals surface area contributed by atoms with Gasteiger partial charge in [0.15, 0.2) is 0 Å². The second kappa shape index (κ2) is 11.6. The van der Waals surface area contributed by atoms with E-state index in [1.165, 1.54) is 65.8 Å². The van der Waals surface area contributed by atoms with E-state index < -0.39 is 27.9 Å². The molecular weight excluding hydrogens is 578 g/mol. The van der Waals surface area contributed by atoms with Gasteiger partial charge in [-0.25, -0.2) is 13.2 Å². The van der Waals surface area contributed by atoms with E-state index in [1.54, 1.807) is 11.0 Å². The van der Waals surface area contributed by atoms with E-state index in [2.05, 4.69) is 10.6 Å². The van der Waals surface area contributed by atoms with Gasteiger partial charge in [0.25, 0.3) is 21.8 Å². The Bertz CT molecular complexity index is 1680. The zero-order valence-electron chi connectivity index (χ0n) is 23.5. The summed E-state index contributed by atoms with van der Waals surface area (Å²) < 4.78 is 28.4. The standard InChI is InChI=1S/C29H31N5O6S2/c1-18(35)33-16-14-22-24(17-33)41-28(25(22)27(37)31-29(38)32(2)3)30-26(36)20-10-12-21(13-11-20)42(39,40)34-15-6-8-19-7-4-5-9-23(19)34/h4-5,7,9-13H,6,8,14-17H2,1-3H3,(H,30,36)(H,31,37,38). The van der Waals surface area contributed by atoms with E-state index >= 15 is 0 Å². The Morgan fingerprint density at radius 3 is 2.33 bits per heavy atom. The summed E-state index contributed by atoms with van der Waals surface area (Å²) in [5, 5.41) is 5.36. The minimum absolute atomic E-state index is 0.0638. The molecule has 0 unspecified atom stereocenters. The third-order valence-corrected chi connectivity index (χ3v) is 10.3. The van der Waals surface area contributed by atoms with Crippen molar-refractivity contribution in [3.05, 3.63) is 75.7 Å². The number of para-hydroxylation sites is 1. The maximum Gasteiger partial charge on any atom is 0.323 e. The zero-order valence-corrected chi connectivity index (χ0v) is 25.1. The molecule has 0 spiro atoms. The minimum Gasteiger partial charge on any atom is -0.337 e. The molecule has 2 aliphatic heterocycles. The fourth-order valence-electron chi connectivity index (χ4n) is 5.10. The number of nitrogens with one attached hydrogen (secondary N) is 2. The lowest BCUT2D eigenvalue weighted by Crippen LogP contribution is -2.39. The first-order chi connectivity index (χ1) is 20.0. The molecule has 5 rings (SSSR count). The first-order valence-corrected chi connectivity index (χ1v) is 15.7. The molecule has 0 atom stereocenters. The Hall–Kier alpha value is -4.23. The minimum atomic E-state index is -3.85. The third-order valence-electron chi connectivity index (χ3n) is 7.36. The topological polar surface area (TPSA) is 136 Å². The van der Waals surface area contributed by atoms with Crippen molar-refractivity contribution in [2.75, 3.05) is 36.8 Å². The van der Waals surface area contributed by atoms with Crippen molar-refractivity contribution in [2.24, 2.45) is 0 Å². The summed E-state index contributed by atoms with van der Waals surface area (Å²) in [7, 11) is -0.831. The van der Waals surface area contributed by atoms with E-state index in [9.17, 15) is 27.6 Å². The highest BCUT2D eigenvalue weighted by molar-refractivity contribution is 7.92. The van der Waals surface area contributed by atoms with Gasteiger partial charge in [0.1, 0.15) is 5.00 Å². The Kier molecular flexibility index (Phi) is 8.06. The molecule has 0 aliphatic carbocycles. The average molecular weight is 610 g/mol. The summed E-state index contributed by atoms with van der Waals surface area (Å²) in [6, 6.07) is 12.5. The molecule has 0 bridgehead atoms. The molecule has 0 radical (unpaired) electrons. The lowest BCUT2D eigenvalue weighted by Gasteiger charge is -2.30. The Balaban J connectivity index is 1.40. The molecule has 13 heteroatoms. The van der Waals surface area contributed by atoms with Crippen molar-refractivity contribution >= 4 is 55.8 Å². The molecule has 2 aliphatic rings. The van der Waals surface area contributed by atoms with Crippen LogP contribution >= 0.6 is 11.3 Å². The van der Waals surface area contributed by atoms with Gasteiger partial charge < -0.3 is 15.1 Å². The van der Waals surface area contributed by atoms with Gasteiger partial charge in [0.05, 0.1) is 22.7 Å². The van der Waals surface area contributed by atoms with Crippen molar-refractivity contribution in [3.8, 4) is 0 Å². The highest BCUT2D eigenvalue weighted by atomic mass is 32.2. The number of carbonyl (C=O) groups excluding carboxylic acids is 4. The van der Waals surface area contributed by atoms with Gasteiger partial charge in [0, 0.05) is 44.5 Å². The normalized spacial score (nSPS) is 14.5. The first kappa shape index (κ1) is 29.3. The van der Waals surface area contributed by atoms with Crippen molar-refractivity contribution in [1.29, 1.82) is 0 Å².